The molecule has 1 aromatic rings. The lowest BCUT2D eigenvalue weighted by atomic mass is 10.2. The number of rotatable bonds is 2. The van der Waals surface area contributed by atoms with Gasteiger partial charge in [-0.15, -0.1) is 0 Å². The molecule has 1 saturated heterocycles. The predicted molar refractivity (Wildman–Crippen MR) is 66.3 cm³/mol. The van der Waals surface area contributed by atoms with Crippen LogP contribution in [0.25, 0.3) is 0 Å². The van der Waals surface area contributed by atoms with Crippen molar-refractivity contribution in [3.05, 3.63) is 23.5 Å². The van der Waals surface area contributed by atoms with Crippen LogP contribution in [0.1, 0.15) is 5.56 Å². The molecule has 0 saturated carbocycles. The first-order valence-corrected chi connectivity index (χ1v) is 7.09. The lowest BCUT2D eigenvalue weighted by molar-refractivity contribution is 0.0572. The van der Waals surface area contributed by atoms with Gasteiger partial charge in [0.2, 0.25) is 10.0 Å². The molecule has 2 atom stereocenters. The quantitative estimate of drug-likeness (QED) is 0.634. The summed E-state index contributed by atoms with van der Waals surface area (Å²) in [6.45, 7) is 0.892. The van der Waals surface area contributed by atoms with E-state index in [0.29, 0.717) is 0 Å². The third-order valence-electron chi connectivity index (χ3n) is 3.16. The molecule has 0 bridgehead atoms. The molecule has 19 heavy (non-hydrogen) atoms. The van der Waals surface area contributed by atoms with Gasteiger partial charge < -0.3 is 15.9 Å². The Bertz CT molecular complexity index is 595. The topological polar surface area (TPSA) is 104 Å². The summed E-state index contributed by atoms with van der Waals surface area (Å²) in [5.74, 6) is -0.709. The van der Waals surface area contributed by atoms with Gasteiger partial charge in [-0.2, -0.15) is 4.31 Å². The number of hydrogen-bond acceptors (Lipinski definition) is 5. The standard InChI is InChI=1S/C11H15FN2O4S/c1-6-8(12)2-7(13)3-11(6)19(17,18)14-4-9(15)10(16)5-14/h2-3,9-10,15-16H,4-5,13H2,1H3. The SMILES string of the molecule is Cc1c(F)cc(N)cc1S(=O)(=O)N1CC(O)C(O)C1. The Kier molecular flexibility index (Phi) is 3.52. The monoisotopic (exact) mass is 290 g/mol. The van der Waals surface area contributed by atoms with Crippen LogP contribution in [0.2, 0.25) is 0 Å². The molecule has 0 aliphatic carbocycles. The lowest BCUT2D eigenvalue weighted by Gasteiger charge is -2.17. The fourth-order valence-corrected chi connectivity index (χ4v) is 3.76. The summed E-state index contributed by atoms with van der Waals surface area (Å²) in [7, 11) is -3.99. The number of nitrogen functional groups attached to an aromatic ring is 1. The number of nitrogens with two attached hydrogens (primary N) is 1. The van der Waals surface area contributed by atoms with Crippen LogP contribution in [0.4, 0.5) is 10.1 Å². The summed E-state index contributed by atoms with van der Waals surface area (Å²) < 4.78 is 39.1. The number of hydrogen-bond donors (Lipinski definition) is 3. The Labute approximate surface area is 110 Å². The predicted octanol–water partition coefficient (Wildman–Crippen LogP) is -0.558. The van der Waals surface area contributed by atoms with Gasteiger partial charge in [0.05, 0.1) is 17.1 Å². The van der Waals surface area contributed by atoms with E-state index in [1.807, 2.05) is 0 Å². The first kappa shape index (κ1) is 14.2. The number of nitrogens with zero attached hydrogens (tertiary/aromatic N) is 1. The molecule has 1 aliphatic heterocycles. The summed E-state index contributed by atoms with van der Waals surface area (Å²) in [6.07, 6.45) is -2.28. The van der Waals surface area contributed by atoms with E-state index in [0.717, 1.165) is 10.4 Å². The molecule has 2 rings (SSSR count). The van der Waals surface area contributed by atoms with Crippen LogP contribution in [-0.2, 0) is 10.0 Å². The second-order valence-corrected chi connectivity index (χ2v) is 6.49. The number of benzene rings is 1. The average molecular weight is 290 g/mol. The van der Waals surface area contributed by atoms with Crippen molar-refractivity contribution in [1.29, 1.82) is 0 Å². The molecule has 1 heterocycles. The zero-order valence-corrected chi connectivity index (χ0v) is 11.1. The van der Waals surface area contributed by atoms with E-state index >= 15 is 0 Å². The van der Waals surface area contributed by atoms with Crippen molar-refractivity contribution in [1.82, 2.24) is 4.31 Å². The first-order chi connectivity index (χ1) is 8.73. The number of sulfonamides is 1. The minimum absolute atomic E-state index is 0.00182. The van der Waals surface area contributed by atoms with Crippen molar-refractivity contribution in [3.8, 4) is 0 Å². The second-order valence-electron chi connectivity index (χ2n) is 4.58. The normalized spacial score (nSPS) is 24.8. The van der Waals surface area contributed by atoms with Crippen molar-refractivity contribution in [2.75, 3.05) is 18.8 Å². The van der Waals surface area contributed by atoms with Gasteiger partial charge in [0.1, 0.15) is 5.82 Å². The second kappa shape index (κ2) is 4.71. The minimum atomic E-state index is -3.99. The largest absolute Gasteiger partial charge is 0.399 e. The van der Waals surface area contributed by atoms with E-state index in [1.54, 1.807) is 0 Å². The van der Waals surface area contributed by atoms with E-state index in [1.165, 1.54) is 13.0 Å². The van der Waals surface area contributed by atoms with Gasteiger partial charge in [-0.25, -0.2) is 12.8 Å². The molecule has 0 aromatic heterocycles. The Hall–Kier alpha value is -1.22. The maximum Gasteiger partial charge on any atom is 0.243 e. The molecule has 0 spiro atoms. The number of β-amino-alcohol motifs (C(OH)–C–C–N with tert-alkyl or cyclic N) is 2. The molecule has 1 aromatic carbocycles. The van der Waals surface area contributed by atoms with Crippen LogP contribution >= 0.6 is 0 Å². The molecule has 1 aliphatic rings. The van der Waals surface area contributed by atoms with Crippen molar-refractivity contribution < 1.29 is 23.0 Å². The average Bonchev–Trinajstić information content (AvgIpc) is 2.65. The zero-order chi connectivity index (χ0) is 14.4. The maximum atomic E-state index is 13.5. The summed E-state index contributed by atoms with van der Waals surface area (Å²) in [4.78, 5) is -0.244. The van der Waals surface area contributed by atoms with Crippen LogP contribution in [0.5, 0.6) is 0 Å². The third kappa shape index (κ3) is 2.44. The van der Waals surface area contributed by atoms with Crippen LogP contribution in [0, 0.1) is 12.7 Å². The number of halogens is 1. The van der Waals surface area contributed by atoms with E-state index in [-0.39, 0.29) is 29.2 Å². The van der Waals surface area contributed by atoms with Gasteiger partial charge in [0, 0.05) is 24.3 Å². The van der Waals surface area contributed by atoms with E-state index in [4.69, 9.17) is 5.73 Å². The van der Waals surface area contributed by atoms with Crippen LogP contribution in [-0.4, -0.2) is 48.2 Å². The number of anilines is 1. The minimum Gasteiger partial charge on any atom is -0.399 e. The third-order valence-corrected chi connectivity index (χ3v) is 5.12. The molecule has 0 radical (unpaired) electrons. The smallest absolute Gasteiger partial charge is 0.243 e. The fourth-order valence-electron chi connectivity index (χ4n) is 2.01. The van der Waals surface area contributed by atoms with Gasteiger partial charge in [0.25, 0.3) is 0 Å². The molecule has 6 nitrogen and oxygen atoms in total. The summed E-state index contributed by atoms with van der Waals surface area (Å²) >= 11 is 0. The summed E-state index contributed by atoms with van der Waals surface area (Å²) in [5, 5.41) is 18.8. The van der Waals surface area contributed by atoms with Gasteiger partial charge in [0.15, 0.2) is 0 Å². The highest BCUT2D eigenvalue weighted by molar-refractivity contribution is 7.89. The van der Waals surface area contributed by atoms with Crippen LogP contribution < -0.4 is 5.73 Å². The molecular weight excluding hydrogens is 275 g/mol. The number of aliphatic hydroxyl groups excluding tert-OH is 2. The van der Waals surface area contributed by atoms with Crippen molar-refractivity contribution >= 4 is 15.7 Å². The van der Waals surface area contributed by atoms with E-state index in [2.05, 4.69) is 0 Å². The Morgan fingerprint density at radius 2 is 1.84 bits per heavy atom. The summed E-state index contributed by atoms with van der Waals surface area (Å²) in [5.41, 5.74) is 5.42. The molecule has 2 unspecified atom stereocenters. The van der Waals surface area contributed by atoms with E-state index < -0.39 is 28.0 Å². The van der Waals surface area contributed by atoms with Crippen molar-refractivity contribution in [2.45, 2.75) is 24.0 Å². The molecule has 0 amide bonds. The van der Waals surface area contributed by atoms with Gasteiger partial charge in [-0.1, -0.05) is 0 Å². The Balaban J connectivity index is 2.46. The van der Waals surface area contributed by atoms with Crippen molar-refractivity contribution in [3.63, 3.8) is 0 Å². The van der Waals surface area contributed by atoms with Gasteiger partial charge in [-0.05, 0) is 19.1 Å². The Morgan fingerprint density at radius 1 is 1.32 bits per heavy atom. The van der Waals surface area contributed by atoms with Crippen LogP contribution in [0.15, 0.2) is 17.0 Å². The Morgan fingerprint density at radius 3 is 2.37 bits per heavy atom. The summed E-state index contributed by atoms with van der Waals surface area (Å²) in [6, 6.07) is 2.22. The molecule has 4 N–H and O–H groups in total. The lowest BCUT2D eigenvalue weighted by Crippen LogP contribution is -2.30. The van der Waals surface area contributed by atoms with Gasteiger partial charge >= 0.3 is 0 Å². The molecule has 106 valence electrons. The highest BCUT2D eigenvalue weighted by Gasteiger charge is 2.38. The zero-order valence-electron chi connectivity index (χ0n) is 10.2. The highest BCUT2D eigenvalue weighted by Crippen LogP contribution is 2.27. The first-order valence-electron chi connectivity index (χ1n) is 5.65. The fraction of sp³-hybridized carbons (Fsp3) is 0.455. The molecular formula is C11H15FN2O4S. The maximum absolute atomic E-state index is 13.5. The van der Waals surface area contributed by atoms with Gasteiger partial charge in [-0.3, -0.25) is 0 Å². The molecule has 8 heteroatoms. The highest BCUT2D eigenvalue weighted by atomic mass is 32.2. The van der Waals surface area contributed by atoms with E-state index in [9.17, 15) is 23.0 Å². The number of aliphatic hydroxyl groups is 2. The van der Waals surface area contributed by atoms with Crippen molar-refractivity contribution in [2.24, 2.45) is 0 Å². The molecule has 1 fully saturated rings. The van der Waals surface area contributed by atoms with Crippen LogP contribution in [0.3, 0.4) is 0 Å².